The van der Waals surface area contributed by atoms with E-state index in [2.05, 4.69) is 14.7 Å². The number of benzene rings is 1. The van der Waals surface area contributed by atoms with Gasteiger partial charge in [0.15, 0.2) is 0 Å². The lowest BCUT2D eigenvalue weighted by molar-refractivity contribution is -0.173. The van der Waals surface area contributed by atoms with Gasteiger partial charge in [-0.05, 0) is 24.6 Å². The maximum Gasteiger partial charge on any atom is 0.425 e. The average molecular weight is 275 g/mol. The van der Waals surface area contributed by atoms with E-state index in [1.54, 1.807) is 12.1 Å². The van der Waals surface area contributed by atoms with Crippen molar-refractivity contribution in [3.05, 3.63) is 35.4 Å². The van der Waals surface area contributed by atoms with E-state index in [1.807, 2.05) is 0 Å². The largest absolute Gasteiger partial charge is 0.465 e. The van der Waals surface area contributed by atoms with E-state index in [0.717, 1.165) is 0 Å². The fourth-order valence-electron chi connectivity index (χ4n) is 1.24. The lowest BCUT2D eigenvalue weighted by atomic mass is 10.1. The Kier molecular flexibility index (Phi) is 4.91. The minimum absolute atomic E-state index is 0.231. The highest BCUT2D eigenvalue weighted by Gasteiger charge is 2.28. The lowest BCUT2D eigenvalue weighted by Crippen LogP contribution is -2.15. The van der Waals surface area contributed by atoms with Gasteiger partial charge in [-0.25, -0.2) is 4.79 Å². The second kappa shape index (κ2) is 6.21. The molecular weight excluding hydrogens is 263 g/mol. The highest BCUT2D eigenvalue weighted by atomic mass is 19.4. The maximum atomic E-state index is 11.9. The van der Waals surface area contributed by atoms with Crippen molar-refractivity contribution < 1.29 is 27.5 Å². The number of methoxy groups -OCH3 is 1. The number of alkyl halides is 3. The molecule has 0 aliphatic rings. The summed E-state index contributed by atoms with van der Waals surface area (Å²) in [4.78, 5) is 15.5. The molecule has 0 radical (unpaired) electrons. The van der Waals surface area contributed by atoms with Gasteiger partial charge in [0.1, 0.15) is 0 Å². The molecule has 0 fully saturated rings. The molecule has 0 atom stereocenters. The van der Waals surface area contributed by atoms with Crippen LogP contribution in [-0.2, 0) is 9.57 Å². The van der Waals surface area contributed by atoms with Gasteiger partial charge in [0.2, 0.25) is 6.61 Å². The molecule has 1 rings (SSSR count). The second-order valence-corrected chi connectivity index (χ2v) is 3.64. The van der Waals surface area contributed by atoms with Gasteiger partial charge in [0.05, 0.1) is 18.4 Å². The quantitative estimate of drug-likeness (QED) is 0.482. The van der Waals surface area contributed by atoms with Crippen LogP contribution in [0, 0.1) is 0 Å². The van der Waals surface area contributed by atoms with E-state index in [-0.39, 0.29) is 11.3 Å². The summed E-state index contributed by atoms with van der Waals surface area (Å²) in [6.07, 6.45) is -4.43. The van der Waals surface area contributed by atoms with E-state index in [4.69, 9.17) is 0 Å². The van der Waals surface area contributed by atoms with Gasteiger partial charge in [0.25, 0.3) is 0 Å². The molecule has 0 amide bonds. The molecule has 19 heavy (non-hydrogen) atoms. The van der Waals surface area contributed by atoms with Crippen molar-refractivity contribution in [2.45, 2.75) is 13.1 Å². The van der Waals surface area contributed by atoms with Gasteiger partial charge >= 0.3 is 12.1 Å². The molecule has 0 saturated carbocycles. The van der Waals surface area contributed by atoms with Crippen molar-refractivity contribution in [1.29, 1.82) is 0 Å². The molecule has 0 spiro atoms. The zero-order valence-electron chi connectivity index (χ0n) is 10.3. The Morgan fingerprint density at radius 1 is 1.32 bits per heavy atom. The van der Waals surface area contributed by atoms with Gasteiger partial charge in [-0.1, -0.05) is 17.3 Å². The first-order valence-electron chi connectivity index (χ1n) is 5.25. The highest BCUT2D eigenvalue weighted by Crippen LogP contribution is 2.15. The first kappa shape index (κ1) is 15.0. The molecule has 0 N–H and O–H groups in total. The summed E-state index contributed by atoms with van der Waals surface area (Å²) in [5, 5.41) is 3.35. The molecule has 0 aliphatic carbocycles. The van der Waals surface area contributed by atoms with Gasteiger partial charge in [-0.2, -0.15) is 13.2 Å². The predicted octanol–water partition coefficient (Wildman–Crippen LogP) is 2.78. The van der Waals surface area contributed by atoms with Crippen LogP contribution in [0.25, 0.3) is 0 Å². The molecular formula is C12H12F3NO3. The summed E-state index contributed by atoms with van der Waals surface area (Å²) in [7, 11) is 1.24. The molecule has 0 aliphatic heterocycles. The van der Waals surface area contributed by atoms with Gasteiger partial charge in [-0.3, -0.25) is 0 Å². The monoisotopic (exact) mass is 275 g/mol. The van der Waals surface area contributed by atoms with E-state index in [1.165, 1.54) is 26.2 Å². The minimum atomic E-state index is -4.43. The summed E-state index contributed by atoms with van der Waals surface area (Å²) in [5.74, 6) is -0.536. The lowest BCUT2D eigenvalue weighted by Gasteiger charge is -2.06. The van der Waals surface area contributed by atoms with Crippen LogP contribution in [0.2, 0.25) is 0 Å². The molecule has 4 nitrogen and oxygen atoms in total. The Morgan fingerprint density at radius 2 is 1.95 bits per heavy atom. The van der Waals surface area contributed by atoms with Crippen molar-refractivity contribution in [1.82, 2.24) is 0 Å². The zero-order chi connectivity index (χ0) is 14.5. The summed E-state index contributed by atoms with van der Waals surface area (Å²) >= 11 is 0. The molecule has 0 aromatic heterocycles. The number of hydrogen-bond acceptors (Lipinski definition) is 4. The van der Waals surface area contributed by atoms with Gasteiger partial charge < -0.3 is 9.57 Å². The second-order valence-electron chi connectivity index (χ2n) is 3.64. The molecule has 1 aromatic rings. The molecule has 1 aromatic carbocycles. The number of carbonyl (C=O) groups is 1. The summed E-state index contributed by atoms with van der Waals surface area (Å²) in [6, 6.07) is 6.16. The average Bonchev–Trinajstić information content (AvgIpc) is 2.36. The Balaban J connectivity index is 2.79. The van der Waals surface area contributed by atoms with Crippen LogP contribution in [-0.4, -0.2) is 31.6 Å². The first-order chi connectivity index (χ1) is 8.83. The number of ether oxygens (including phenoxy) is 1. The van der Waals surface area contributed by atoms with Crippen molar-refractivity contribution >= 4 is 11.7 Å². The van der Waals surface area contributed by atoms with Crippen LogP contribution in [0.4, 0.5) is 13.2 Å². The fraction of sp³-hybridized carbons (Fsp3) is 0.333. The first-order valence-corrected chi connectivity index (χ1v) is 5.25. The van der Waals surface area contributed by atoms with Crippen LogP contribution in [0.1, 0.15) is 22.8 Å². The maximum absolute atomic E-state index is 11.9. The SMILES string of the molecule is COC(=O)c1cccc(/C(C)=N/OCC(F)(F)F)c1. The smallest absolute Gasteiger partial charge is 0.425 e. The molecule has 0 saturated heterocycles. The Bertz CT molecular complexity index is 483. The van der Waals surface area contributed by atoms with Crippen LogP contribution in [0.3, 0.4) is 0 Å². The normalized spacial score (nSPS) is 12.2. The van der Waals surface area contributed by atoms with Crippen LogP contribution in [0.15, 0.2) is 29.4 Å². The third kappa shape index (κ3) is 4.99. The van der Waals surface area contributed by atoms with E-state index < -0.39 is 18.8 Å². The molecule has 0 unspecified atom stereocenters. The van der Waals surface area contributed by atoms with Gasteiger partial charge in [0, 0.05) is 0 Å². The standard InChI is InChI=1S/C12H12F3NO3/c1-8(16-19-7-12(13,14)15)9-4-3-5-10(6-9)11(17)18-2/h3-6H,7H2,1-2H3/b16-8+. The van der Waals surface area contributed by atoms with Crippen molar-refractivity contribution in [2.75, 3.05) is 13.7 Å². The zero-order valence-corrected chi connectivity index (χ0v) is 10.3. The Hall–Kier alpha value is -2.05. The number of carbonyl (C=O) groups excluding carboxylic acids is 1. The van der Waals surface area contributed by atoms with Crippen LogP contribution in [0.5, 0.6) is 0 Å². The van der Waals surface area contributed by atoms with Crippen molar-refractivity contribution in [3.63, 3.8) is 0 Å². The Labute approximate surface area is 107 Å². The van der Waals surface area contributed by atoms with Gasteiger partial charge in [-0.15, -0.1) is 0 Å². The van der Waals surface area contributed by atoms with E-state index >= 15 is 0 Å². The third-order valence-electron chi connectivity index (χ3n) is 2.13. The number of rotatable bonds is 4. The topological polar surface area (TPSA) is 47.9 Å². The highest BCUT2D eigenvalue weighted by molar-refractivity contribution is 6.00. The molecule has 0 bridgehead atoms. The van der Waals surface area contributed by atoms with E-state index in [0.29, 0.717) is 5.56 Å². The van der Waals surface area contributed by atoms with Crippen LogP contribution < -0.4 is 0 Å². The molecule has 0 heterocycles. The molecule has 7 heteroatoms. The summed E-state index contributed by atoms with van der Waals surface area (Å²) < 4.78 is 40.1. The Morgan fingerprint density at radius 3 is 2.53 bits per heavy atom. The molecule has 104 valence electrons. The van der Waals surface area contributed by atoms with E-state index in [9.17, 15) is 18.0 Å². The number of esters is 1. The summed E-state index contributed by atoms with van der Waals surface area (Å²) in [6.45, 7) is 0.0216. The van der Waals surface area contributed by atoms with Crippen LogP contribution >= 0.6 is 0 Å². The number of nitrogens with zero attached hydrogens (tertiary/aromatic N) is 1. The van der Waals surface area contributed by atoms with Crippen molar-refractivity contribution in [3.8, 4) is 0 Å². The third-order valence-corrected chi connectivity index (χ3v) is 2.13. The summed E-state index contributed by atoms with van der Waals surface area (Å²) in [5.41, 5.74) is 0.991. The predicted molar refractivity (Wildman–Crippen MR) is 62.0 cm³/mol. The number of hydrogen-bond donors (Lipinski definition) is 0. The number of halogens is 3. The fourth-order valence-corrected chi connectivity index (χ4v) is 1.24. The minimum Gasteiger partial charge on any atom is -0.465 e. The van der Waals surface area contributed by atoms with Crippen molar-refractivity contribution in [2.24, 2.45) is 5.16 Å². The number of oxime groups is 1.